The van der Waals surface area contributed by atoms with Gasteiger partial charge in [-0.05, 0) is 18.2 Å². The number of hydrogen-bond donors (Lipinski definition) is 0. The van der Waals surface area contributed by atoms with Gasteiger partial charge < -0.3 is 14.5 Å². The highest BCUT2D eigenvalue weighted by atomic mass is 19.1. The number of rotatable bonds is 4. The zero-order valence-corrected chi connectivity index (χ0v) is 13.6. The van der Waals surface area contributed by atoms with Crippen LogP contribution in [0.1, 0.15) is 16.8 Å². The number of ether oxygens (including phenoxy) is 1. The van der Waals surface area contributed by atoms with E-state index in [2.05, 4.69) is 10.2 Å². The van der Waals surface area contributed by atoms with Crippen LogP contribution in [-0.2, 0) is 0 Å². The van der Waals surface area contributed by atoms with Crippen molar-refractivity contribution in [1.82, 2.24) is 15.1 Å². The van der Waals surface area contributed by atoms with E-state index in [1.165, 1.54) is 12.1 Å². The third-order valence-electron chi connectivity index (χ3n) is 3.91. The minimum atomic E-state index is -0.503. The normalized spacial score (nSPS) is 17.0. The lowest BCUT2D eigenvalue weighted by atomic mass is 10.2. The van der Waals surface area contributed by atoms with Gasteiger partial charge in [0.05, 0.1) is 12.1 Å². The summed E-state index contributed by atoms with van der Waals surface area (Å²) in [4.78, 5) is 15.8. The van der Waals surface area contributed by atoms with Crippen LogP contribution in [0.3, 0.4) is 0 Å². The van der Waals surface area contributed by atoms with Gasteiger partial charge in [-0.25, -0.2) is 4.39 Å². The van der Waals surface area contributed by atoms with E-state index < -0.39 is 5.82 Å². The van der Waals surface area contributed by atoms with Gasteiger partial charge in [0.1, 0.15) is 11.9 Å². The van der Waals surface area contributed by atoms with Crippen molar-refractivity contribution in [3.8, 4) is 5.88 Å². The molecule has 3 rings (SSSR count). The fraction of sp³-hybridized carbons (Fsp3) is 0.353. The quantitative estimate of drug-likeness (QED) is 0.858. The summed E-state index contributed by atoms with van der Waals surface area (Å²) in [7, 11) is 3.77. The molecule has 0 N–H and O–H groups in total. The molecule has 1 amide bonds. The lowest BCUT2D eigenvalue weighted by Gasteiger charge is -2.17. The van der Waals surface area contributed by atoms with Gasteiger partial charge in [0, 0.05) is 33.1 Å². The molecule has 2 aromatic rings. The number of nitrogens with zero attached hydrogens (tertiary/aromatic N) is 4. The fourth-order valence-corrected chi connectivity index (χ4v) is 2.60. The Labute approximate surface area is 139 Å². The van der Waals surface area contributed by atoms with Crippen LogP contribution < -0.4 is 9.64 Å². The molecule has 2 heterocycles. The van der Waals surface area contributed by atoms with Crippen molar-refractivity contribution in [3.63, 3.8) is 0 Å². The molecule has 6 nitrogen and oxygen atoms in total. The molecule has 0 spiro atoms. The van der Waals surface area contributed by atoms with Crippen LogP contribution >= 0.6 is 0 Å². The van der Waals surface area contributed by atoms with Crippen molar-refractivity contribution in [2.75, 3.05) is 32.1 Å². The minimum Gasteiger partial charge on any atom is -0.471 e. The number of benzene rings is 1. The van der Waals surface area contributed by atoms with E-state index in [9.17, 15) is 9.18 Å². The van der Waals surface area contributed by atoms with Crippen molar-refractivity contribution in [3.05, 3.63) is 47.8 Å². The van der Waals surface area contributed by atoms with Crippen molar-refractivity contribution >= 4 is 11.7 Å². The van der Waals surface area contributed by atoms with E-state index >= 15 is 0 Å². The number of hydrogen-bond acceptors (Lipinski definition) is 5. The van der Waals surface area contributed by atoms with Crippen LogP contribution in [0.5, 0.6) is 5.88 Å². The lowest BCUT2D eigenvalue weighted by molar-refractivity contribution is 0.0766. The summed E-state index contributed by atoms with van der Waals surface area (Å²) in [5.41, 5.74) is 0.0910. The first-order valence-corrected chi connectivity index (χ1v) is 7.76. The van der Waals surface area contributed by atoms with Crippen LogP contribution in [0.15, 0.2) is 36.4 Å². The van der Waals surface area contributed by atoms with Crippen molar-refractivity contribution in [2.45, 2.75) is 12.5 Å². The summed E-state index contributed by atoms with van der Waals surface area (Å²) in [6.45, 7) is 0.936. The monoisotopic (exact) mass is 330 g/mol. The second kappa shape index (κ2) is 6.82. The maximum atomic E-state index is 13.7. The molecule has 0 bridgehead atoms. The second-order valence-corrected chi connectivity index (χ2v) is 5.88. The largest absolute Gasteiger partial charge is 0.471 e. The Morgan fingerprint density at radius 2 is 2.04 bits per heavy atom. The van der Waals surface area contributed by atoms with Gasteiger partial charge in [0.2, 0.25) is 5.88 Å². The summed E-state index contributed by atoms with van der Waals surface area (Å²) in [5, 5.41) is 8.08. The van der Waals surface area contributed by atoms with Gasteiger partial charge in [-0.2, -0.15) is 0 Å². The van der Waals surface area contributed by atoms with E-state index in [0.29, 0.717) is 25.4 Å². The maximum absolute atomic E-state index is 13.7. The Bertz CT molecular complexity index is 721. The summed E-state index contributed by atoms with van der Waals surface area (Å²) < 4.78 is 19.5. The first kappa shape index (κ1) is 16.2. The van der Waals surface area contributed by atoms with Gasteiger partial charge >= 0.3 is 0 Å². The average Bonchev–Trinajstić information content (AvgIpc) is 3.04. The van der Waals surface area contributed by atoms with Crippen molar-refractivity contribution in [2.24, 2.45) is 0 Å². The average molecular weight is 330 g/mol. The van der Waals surface area contributed by atoms with Crippen LogP contribution in [0.4, 0.5) is 10.2 Å². The molecule has 1 fully saturated rings. The van der Waals surface area contributed by atoms with Crippen molar-refractivity contribution in [1.29, 1.82) is 0 Å². The molecular weight excluding hydrogens is 311 g/mol. The Morgan fingerprint density at radius 3 is 2.71 bits per heavy atom. The van der Waals surface area contributed by atoms with E-state index in [1.807, 2.05) is 25.1 Å². The molecule has 7 heteroatoms. The fourth-order valence-electron chi connectivity index (χ4n) is 2.60. The Morgan fingerprint density at radius 1 is 1.25 bits per heavy atom. The second-order valence-electron chi connectivity index (χ2n) is 5.88. The van der Waals surface area contributed by atoms with Gasteiger partial charge in [-0.3, -0.25) is 4.79 Å². The van der Waals surface area contributed by atoms with Crippen LogP contribution in [0, 0.1) is 5.82 Å². The topological polar surface area (TPSA) is 58.6 Å². The van der Waals surface area contributed by atoms with Crippen molar-refractivity contribution < 1.29 is 13.9 Å². The van der Waals surface area contributed by atoms with Gasteiger partial charge in [0.25, 0.3) is 5.91 Å². The van der Waals surface area contributed by atoms with E-state index in [4.69, 9.17) is 4.74 Å². The lowest BCUT2D eigenvalue weighted by Crippen LogP contribution is -2.31. The van der Waals surface area contributed by atoms with Crippen LogP contribution in [0.2, 0.25) is 0 Å². The van der Waals surface area contributed by atoms with Gasteiger partial charge in [-0.15, -0.1) is 10.2 Å². The van der Waals surface area contributed by atoms with E-state index in [0.717, 1.165) is 5.82 Å². The SMILES string of the molecule is CN(C)c1ccc(O[C@@H]2CCN(C(=O)c3ccccc3F)C2)nn1. The smallest absolute Gasteiger partial charge is 0.256 e. The highest BCUT2D eigenvalue weighted by Gasteiger charge is 2.29. The third kappa shape index (κ3) is 3.45. The molecule has 0 saturated carbocycles. The number of carbonyl (C=O) groups is 1. The third-order valence-corrected chi connectivity index (χ3v) is 3.91. The maximum Gasteiger partial charge on any atom is 0.256 e. The van der Waals surface area contributed by atoms with Crippen LogP contribution in [0.25, 0.3) is 0 Å². The summed E-state index contributed by atoms with van der Waals surface area (Å²) >= 11 is 0. The standard InChI is InChI=1S/C17H19FN4O2/c1-21(2)15-7-8-16(20-19-15)24-12-9-10-22(11-12)17(23)13-5-3-4-6-14(13)18/h3-8,12H,9-11H2,1-2H3/t12-/m1/s1. The van der Waals surface area contributed by atoms with Gasteiger partial charge in [0.15, 0.2) is 5.82 Å². The Kier molecular flexibility index (Phi) is 4.59. The highest BCUT2D eigenvalue weighted by Crippen LogP contribution is 2.20. The number of likely N-dealkylation sites (tertiary alicyclic amines) is 1. The zero-order chi connectivity index (χ0) is 17.1. The molecule has 0 radical (unpaired) electrons. The number of aromatic nitrogens is 2. The Balaban J connectivity index is 1.61. The molecule has 1 aliphatic rings. The first-order valence-electron chi connectivity index (χ1n) is 7.76. The molecule has 0 unspecified atom stereocenters. The summed E-state index contributed by atoms with van der Waals surface area (Å²) in [5.74, 6) is 0.348. The molecule has 1 aromatic heterocycles. The molecule has 1 aliphatic heterocycles. The number of anilines is 1. The summed E-state index contributed by atoms with van der Waals surface area (Å²) in [6.07, 6.45) is 0.511. The molecule has 126 valence electrons. The Hall–Kier alpha value is -2.70. The predicted octanol–water partition coefficient (Wildman–Crippen LogP) is 1.98. The highest BCUT2D eigenvalue weighted by molar-refractivity contribution is 5.94. The van der Waals surface area contributed by atoms with Gasteiger partial charge in [-0.1, -0.05) is 12.1 Å². The molecule has 1 atom stereocenters. The number of halogens is 1. The van der Waals surface area contributed by atoms with Crippen LogP contribution in [-0.4, -0.2) is 54.3 Å². The minimum absolute atomic E-state index is 0.0910. The number of amides is 1. The van der Waals surface area contributed by atoms with E-state index in [-0.39, 0.29) is 17.6 Å². The molecule has 0 aliphatic carbocycles. The first-order chi connectivity index (χ1) is 11.5. The molecule has 24 heavy (non-hydrogen) atoms. The number of carbonyl (C=O) groups excluding carboxylic acids is 1. The predicted molar refractivity (Wildman–Crippen MR) is 87.7 cm³/mol. The molecule has 1 saturated heterocycles. The molecular formula is C17H19FN4O2. The zero-order valence-electron chi connectivity index (χ0n) is 13.6. The molecule has 1 aromatic carbocycles. The van der Waals surface area contributed by atoms with E-state index in [1.54, 1.807) is 23.1 Å². The summed E-state index contributed by atoms with van der Waals surface area (Å²) in [6, 6.07) is 9.58.